The number of Topliss-reactive ketones (excluding diaryl/α,β-unsaturated/α-hetero) is 1. The number of halogens is 2. The first-order valence-corrected chi connectivity index (χ1v) is 12.1. The summed E-state index contributed by atoms with van der Waals surface area (Å²) in [6, 6.07) is 16.4. The number of hydrogen-bond donors (Lipinski definition) is 0. The number of piperidine rings is 1. The summed E-state index contributed by atoms with van der Waals surface area (Å²) in [5.41, 5.74) is 3.06. The van der Waals surface area contributed by atoms with Gasteiger partial charge in [0, 0.05) is 89.0 Å². The average molecular weight is 714 g/mol. The Hall–Kier alpha value is -0.0578. The Kier molecular flexibility index (Phi) is 11.8. The molecule has 4 rings (SSSR count). The summed E-state index contributed by atoms with van der Waals surface area (Å²) in [6.45, 7) is 5.48. The maximum Gasteiger partial charge on any atom is 0.248 e. The fourth-order valence-electron chi connectivity index (χ4n) is 4.84. The van der Waals surface area contributed by atoms with E-state index in [-0.39, 0.29) is 71.9 Å². The molecule has 2 aliphatic rings. The predicted octanol–water partition coefficient (Wildman–Crippen LogP) is 7.15. The molecular weight excluding hydrogens is 685 g/mol. The number of carbonyl (C=O) groups is 1. The van der Waals surface area contributed by atoms with E-state index in [9.17, 15) is 13.6 Å². The van der Waals surface area contributed by atoms with Crippen LogP contribution >= 0.6 is 11.8 Å². The van der Waals surface area contributed by atoms with Crippen LogP contribution in [0.25, 0.3) is 16.4 Å². The van der Waals surface area contributed by atoms with Crippen LogP contribution in [0.1, 0.15) is 43.6 Å². The molecule has 2 aromatic carbocycles. The topological polar surface area (TPSA) is 31.2 Å². The van der Waals surface area contributed by atoms with E-state index in [0.29, 0.717) is 6.42 Å². The van der Waals surface area contributed by atoms with Crippen LogP contribution in [0, 0.1) is 18.8 Å². The van der Waals surface area contributed by atoms with Crippen molar-refractivity contribution in [3.8, 4) is 11.1 Å². The van der Waals surface area contributed by atoms with Crippen LogP contribution in [-0.4, -0.2) is 30.5 Å². The summed E-state index contributed by atoms with van der Waals surface area (Å²) in [5.74, 6) is -2.26. The summed E-state index contributed by atoms with van der Waals surface area (Å²) in [5, 5.41) is 4.42. The van der Waals surface area contributed by atoms with Gasteiger partial charge in [-0.1, -0.05) is 49.2 Å². The van der Waals surface area contributed by atoms with E-state index in [4.69, 9.17) is 0 Å². The van der Waals surface area contributed by atoms with E-state index >= 15 is 0 Å². The Morgan fingerprint density at radius 2 is 1.73 bits per heavy atom. The Morgan fingerprint density at radius 1 is 1.06 bits per heavy atom. The molecule has 175 valence electrons. The van der Waals surface area contributed by atoms with Crippen molar-refractivity contribution in [2.45, 2.75) is 48.8 Å². The molecule has 2 fully saturated rings. The van der Waals surface area contributed by atoms with Gasteiger partial charge in [-0.15, -0.1) is 24.9 Å². The summed E-state index contributed by atoms with van der Waals surface area (Å²) >= 11 is 1.89. The SMILES string of the molecule is [CH2-]C(=O)[C@@H]1CC(F)(F)CC[C@H]1c1ccccc1-c1ccc(SCC2CC[N-]CC2)cc1.[W].[Y]. The van der Waals surface area contributed by atoms with Crippen LogP contribution < -0.4 is 0 Å². The van der Waals surface area contributed by atoms with Crippen LogP contribution in [0.5, 0.6) is 0 Å². The van der Waals surface area contributed by atoms with E-state index in [1.807, 2.05) is 36.0 Å². The second-order valence-corrected chi connectivity index (χ2v) is 9.91. The number of hydrogen-bond acceptors (Lipinski definition) is 2. The van der Waals surface area contributed by atoms with Crippen LogP contribution in [0.15, 0.2) is 53.4 Å². The molecule has 2 nitrogen and oxygen atoms in total. The van der Waals surface area contributed by atoms with Crippen molar-refractivity contribution in [3.05, 3.63) is 66.3 Å². The van der Waals surface area contributed by atoms with Gasteiger partial charge in [0.05, 0.1) is 0 Å². The molecule has 0 amide bonds. The van der Waals surface area contributed by atoms with Crippen molar-refractivity contribution >= 4 is 17.5 Å². The first kappa shape index (κ1) is 29.2. The number of thioether (sulfide) groups is 1. The molecule has 1 heterocycles. The molecule has 1 aliphatic carbocycles. The number of alkyl halides is 2. The molecule has 0 bridgehead atoms. The zero-order valence-electron chi connectivity index (χ0n) is 18.7. The van der Waals surface area contributed by atoms with Crippen LogP contribution in [-0.2, 0) is 58.6 Å². The zero-order valence-corrected chi connectivity index (χ0v) is 25.3. The van der Waals surface area contributed by atoms with Gasteiger partial charge in [0.15, 0.2) is 0 Å². The molecule has 0 spiro atoms. The van der Waals surface area contributed by atoms with E-state index in [2.05, 4.69) is 36.5 Å². The minimum absolute atomic E-state index is 0. The third kappa shape index (κ3) is 7.71. The maximum atomic E-state index is 14.0. The molecule has 1 saturated heterocycles. The van der Waals surface area contributed by atoms with Gasteiger partial charge in [-0.05, 0) is 47.1 Å². The van der Waals surface area contributed by atoms with Crippen LogP contribution in [0.3, 0.4) is 0 Å². The number of benzene rings is 2. The molecule has 1 aliphatic heterocycles. The van der Waals surface area contributed by atoms with E-state index in [1.165, 1.54) is 17.7 Å². The first-order chi connectivity index (χ1) is 14.9. The second-order valence-electron chi connectivity index (χ2n) is 8.81. The molecule has 0 unspecified atom stereocenters. The number of carbonyl (C=O) groups excluding carboxylic acids is 1. The molecule has 1 saturated carbocycles. The minimum atomic E-state index is -2.78. The summed E-state index contributed by atoms with van der Waals surface area (Å²) in [6.07, 6.45) is 2.09. The normalized spacial score (nSPS) is 22.6. The monoisotopic (exact) mass is 714 g/mol. The van der Waals surface area contributed by atoms with Crippen LogP contribution in [0.2, 0.25) is 0 Å². The van der Waals surface area contributed by atoms with Gasteiger partial charge in [0.25, 0.3) is 0 Å². The fourth-order valence-corrected chi connectivity index (χ4v) is 5.93. The Balaban J connectivity index is 0.00000193. The standard InChI is InChI=1S/C26H29F2NOS.W.Y/c1-18(30)25-16-26(27,28)13-10-24(25)23-5-3-2-4-22(23)20-6-8-21(9-7-20)31-17-19-11-14-29-15-12-19;;/h2-9,19,24-25H,1,10-17H2;;/q-2;;/t24-,25-;;/m0../s1. The van der Waals surface area contributed by atoms with E-state index in [0.717, 1.165) is 41.5 Å². The number of ketones is 1. The molecular formula is C26H29F2NOSWY-2. The van der Waals surface area contributed by atoms with Crippen molar-refractivity contribution in [3.63, 3.8) is 0 Å². The molecule has 2 atom stereocenters. The van der Waals surface area contributed by atoms with Crippen molar-refractivity contribution in [1.82, 2.24) is 0 Å². The van der Waals surface area contributed by atoms with Crippen molar-refractivity contribution in [2.24, 2.45) is 11.8 Å². The summed E-state index contributed by atoms with van der Waals surface area (Å²) in [4.78, 5) is 13.4. The summed E-state index contributed by atoms with van der Waals surface area (Å²) < 4.78 is 28.0. The van der Waals surface area contributed by atoms with Gasteiger partial charge in [0.1, 0.15) is 0 Å². The molecule has 1 radical (unpaired) electrons. The quantitative estimate of drug-likeness (QED) is 0.236. The zero-order chi connectivity index (χ0) is 21.8. The van der Waals surface area contributed by atoms with Gasteiger partial charge in [0.2, 0.25) is 5.92 Å². The maximum absolute atomic E-state index is 14.0. The average Bonchev–Trinajstić information content (AvgIpc) is 2.78. The number of nitrogens with zero attached hydrogens (tertiary/aromatic N) is 1. The first-order valence-electron chi connectivity index (χ1n) is 11.1. The van der Waals surface area contributed by atoms with Gasteiger partial charge in [-0.25, -0.2) is 8.78 Å². The summed E-state index contributed by atoms with van der Waals surface area (Å²) in [7, 11) is 0. The Morgan fingerprint density at radius 3 is 2.39 bits per heavy atom. The van der Waals surface area contributed by atoms with Gasteiger partial charge in [-0.3, -0.25) is 0 Å². The molecule has 2 aromatic rings. The fraction of sp³-hybridized carbons (Fsp3) is 0.462. The Labute approximate surface area is 240 Å². The molecule has 0 aromatic heterocycles. The van der Waals surface area contributed by atoms with Crippen molar-refractivity contribution in [1.29, 1.82) is 0 Å². The van der Waals surface area contributed by atoms with Gasteiger partial charge >= 0.3 is 0 Å². The molecule has 0 N–H and O–H groups in total. The van der Waals surface area contributed by atoms with Gasteiger partial charge < -0.3 is 17.0 Å². The third-order valence-electron chi connectivity index (χ3n) is 6.64. The van der Waals surface area contributed by atoms with Crippen molar-refractivity contribution in [2.75, 3.05) is 18.8 Å². The molecule has 7 heteroatoms. The van der Waals surface area contributed by atoms with Gasteiger partial charge in [-0.2, -0.15) is 0 Å². The predicted molar refractivity (Wildman–Crippen MR) is 124 cm³/mol. The Bertz CT molecular complexity index is 905. The second kappa shape index (κ2) is 13.3. The van der Waals surface area contributed by atoms with Crippen molar-refractivity contribution < 1.29 is 67.3 Å². The largest absolute Gasteiger partial charge is 0.662 e. The van der Waals surface area contributed by atoms with E-state index in [1.54, 1.807) is 0 Å². The minimum Gasteiger partial charge on any atom is -0.662 e. The smallest absolute Gasteiger partial charge is 0.248 e. The third-order valence-corrected chi connectivity index (χ3v) is 7.88. The van der Waals surface area contributed by atoms with E-state index < -0.39 is 18.3 Å². The number of rotatable bonds is 6. The molecule has 33 heavy (non-hydrogen) atoms. The van der Waals surface area contributed by atoms with Crippen LogP contribution in [0.4, 0.5) is 8.78 Å².